The van der Waals surface area contributed by atoms with E-state index in [-0.39, 0.29) is 17.8 Å². The molecule has 0 bridgehead atoms. The molecule has 0 saturated heterocycles. The van der Waals surface area contributed by atoms with Gasteiger partial charge in [0.15, 0.2) is 5.75 Å². The lowest BCUT2D eigenvalue weighted by atomic mass is 10.1. The first-order valence-electron chi connectivity index (χ1n) is 10.8. The van der Waals surface area contributed by atoms with E-state index in [9.17, 15) is 9.36 Å². The zero-order chi connectivity index (χ0) is 21.6. The smallest absolute Gasteiger partial charge is 0.409 e. The predicted octanol–water partition coefficient (Wildman–Crippen LogP) is 6.06. The molecule has 0 saturated carbocycles. The van der Waals surface area contributed by atoms with Gasteiger partial charge in [0.2, 0.25) is 5.43 Å². The van der Waals surface area contributed by atoms with E-state index < -0.39 is 7.75 Å². The Morgan fingerprint density at radius 2 is 1.70 bits per heavy atom. The molecule has 0 fully saturated rings. The van der Waals surface area contributed by atoms with Gasteiger partial charge >= 0.3 is 7.75 Å². The minimum atomic E-state index is -3.64. The molecule has 1 atom stereocenters. The number of aromatic amines is 1. The van der Waals surface area contributed by atoms with Gasteiger partial charge in [-0.3, -0.25) is 9.32 Å². The average Bonchev–Trinajstić information content (AvgIpc) is 2.75. The van der Waals surface area contributed by atoms with Gasteiger partial charge in [0, 0.05) is 24.2 Å². The predicted molar refractivity (Wildman–Crippen MR) is 122 cm³/mol. The number of unbranched alkanes of at least 4 members (excludes halogenated alkanes) is 2. The van der Waals surface area contributed by atoms with Gasteiger partial charge in [0.05, 0.1) is 12.3 Å². The fraction of sp³-hybridized carbons (Fsp3) is 0.435. The molecule has 0 spiro atoms. The molecule has 2 aliphatic rings. The Balaban J connectivity index is 2.00. The van der Waals surface area contributed by atoms with E-state index in [1.54, 1.807) is 23.7 Å². The van der Waals surface area contributed by atoms with Crippen molar-refractivity contribution in [1.82, 2.24) is 9.65 Å². The van der Waals surface area contributed by atoms with Crippen LogP contribution in [0.25, 0.3) is 22.2 Å². The highest BCUT2D eigenvalue weighted by molar-refractivity contribution is 7.51. The number of fused-ring (bicyclic) bond motifs is 2. The summed E-state index contributed by atoms with van der Waals surface area (Å²) in [7, 11) is -3.64. The van der Waals surface area contributed by atoms with Crippen molar-refractivity contribution in [2.24, 2.45) is 0 Å². The number of pyridine rings is 1. The lowest BCUT2D eigenvalue weighted by molar-refractivity contribution is 0.212. The minimum absolute atomic E-state index is 0.0564. The monoisotopic (exact) mass is 430 g/mol. The van der Waals surface area contributed by atoms with Crippen molar-refractivity contribution < 1.29 is 13.6 Å². The number of para-hydroxylation sites is 1. The third-order valence-corrected chi connectivity index (χ3v) is 7.19. The maximum atomic E-state index is 13.7. The van der Waals surface area contributed by atoms with Crippen molar-refractivity contribution in [2.75, 3.05) is 19.7 Å². The third-order valence-electron chi connectivity index (χ3n) is 5.08. The first-order chi connectivity index (χ1) is 14.5. The maximum absolute atomic E-state index is 13.7. The van der Waals surface area contributed by atoms with Crippen molar-refractivity contribution in [1.29, 1.82) is 0 Å². The standard InChI is InChI=1S/C23H31N2O4P/c1-4-7-15-25(16-8-5-2)30(27,28-6-3)29-22-14-13-21-19(23(22)26)17-18-11-9-10-12-20(18)24-21/h9-14,17,24H,4-8,15-16H2,1-3H3. The summed E-state index contributed by atoms with van der Waals surface area (Å²) in [6, 6.07) is 13.0. The van der Waals surface area contributed by atoms with Crippen LogP contribution in [0.4, 0.5) is 0 Å². The van der Waals surface area contributed by atoms with Crippen LogP contribution in [0.15, 0.2) is 47.3 Å². The molecule has 1 aromatic carbocycles. The first-order valence-corrected chi connectivity index (χ1v) is 12.3. The highest BCUT2D eigenvalue weighted by atomic mass is 31.2. The molecule has 1 aromatic rings. The highest BCUT2D eigenvalue weighted by Gasteiger charge is 2.35. The molecule has 3 rings (SSSR count). The lowest BCUT2D eigenvalue weighted by Crippen LogP contribution is -2.28. The van der Waals surface area contributed by atoms with Crippen molar-refractivity contribution in [3.05, 3.63) is 52.7 Å². The fourth-order valence-electron chi connectivity index (χ4n) is 3.43. The molecule has 7 heteroatoms. The van der Waals surface area contributed by atoms with E-state index >= 15 is 0 Å². The van der Waals surface area contributed by atoms with Crippen LogP contribution in [0.3, 0.4) is 0 Å². The van der Waals surface area contributed by atoms with E-state index in [1.807, 2.05) is 30.3 Å². The van der Waals surface area contributed by atoms with Crippen LogP contribution in [-0.2, 0) is 9.09 Å². The van der Waals surface area contributed by atoms with E-state index in [2.05, 4.69) is 18.8 Å². The summed E-state index contributed by atoms with van der Waals surface area (Å²) < 4.78 is 27.0. The number of nitrogens with zero attached hydrogens (tertiary/aromatic N) is 1. The molecule has 1 aliphatic carbocycles. The molecule has 0 amide bonds. The number of benzene rings is 2. The quantitative estimate of drug-likeness (QED) is 0.296. The van der Waals surface area contributed by atoms with Crippen molar-refractivity contribution >= 4 is 18.6 Å². The second-order valence-corrected chi connectivity index (χ2v) is 9.29. The van der Waals surface area contributed by atoms with E-state index in [0.29, 0.717) is 24.3 Å². The molecular formula is C23H31N2O4P. The van der Waals surface area contributed by atoms with Crippen LogP contribution >= 0.6 is 7.75 Å². The number of nitrogens with one attached hydrogen (secondary N) is 1. The fourth-order valence-corrected chi connectivity index (χ4v) is 5.26. The summed E-state index contributed by atoms with van der Waals surface area (Å²) >= 11 is 0. The normalized spacial score (nSPS) is 13.7. The van der Waals surface area contributed by atoms with Crippen molar-refractivity contribution in [3.63, 3.8) is 0 Å². The Bertz CT molecular complexity index is 1040. The molecule has 162 valence electrons. The SMILES string of the molecule is CCCCN(CCCC)P(=O)(OCC)Oc1ccc2[nH]c3ccccc3cc-2c1=O. The highest BCUT2D eigenvalue weighted by Crippen LogP contribution is 2.51. The zero-order valence-corrected chi connectivity index (χ0v) is 18.9. The zero-order valence-electron chi connectivity index (χ0n) is 18.0. The summed E-state index contributed by atoms with van der Waals surface area (Å²) in [5, 5.41) is 0.930. The Hall–Kier alpha value is -2.14. The van der Waals surface area contributed by atoms with Gasteiger partial charge in [-0.1, -0.05) is 44.9 Å². The molecule has 0 radical (unpaired) electrons. The molecule has 1 heterocycles. The van der Waals surface area contributed by atoms with Crippen LogP contribution < -0.4 is 9.95 Å². The number of H-pyrrole nitrogens is 1. The Kier molecular flexibility index (Phi) is 7.70. The van der Waals surface area contributed by atoms with Crippen LogP contribution in [0, 0.1) is 0 Å². The molecule has 30 heavy (non-hydrogen) atoms. The second-order valence-electron chi connectivity index (χ2n) is 7.35. The van der Waals surface area contributed by atoms with Crippen LogP contribution in [-0.4, -0.2) is 29.4 Å². The van der Waals surface area contributed by atoms with Gasteiger partial charge < -0.3 is 9.51 Å². The number of aromatic nitrogens is 1. The van der Waals surface area contributed by atoms with E-state index in [1.165, 1.54) is 0 Å². The minimum Gasteiger partial charge on any atom is -0.409 e. The van der Waals surface area contributed by atoms with Crippen LogP contribution in [0.5, 0.6) is 5.75 Å². The molecule has 1 N–H and O–H groups in total. The van der Waals surface area contributed by atoms with Crippen molar-refractivity contribution in [3.8, 4) is 17.0 Å². The first kappa shape index (κ1) is 22.5. The van der Waals surface area contributed by atoms with Crippen molar-refractivity contribution in [2.45, 2.75) is 46.5 Å². The summed E-state index contributed by atoms with van der Waals surface area (Å²) in [4.78, 5) is 16.4. The third kappa shape index (κ3) is 4.94. The van der Waals surface area contributed by atoms with E-state index in [0.717, 1.165) is 36.6 Å². The summed E-state index contributed by atoms with van der Waals surface area (Å²) in [5.41, 5.74) is 1.87. The lowest BCUT2D eigenvalue weighted by Gasteiger charge is -2.29. The number of hydrogen-bond donors (Lipinski definition) is 1. The van der Waals surface area contributed by atoms with Gasteiger partial charge in [-0.25, -0.2) is 4.57 Å². The number of rotatable bonds is 11. The number of hydrogen-bond acceptors (Lipinski definition) is 4. The van der Waals surface area contributed by atoms with Gasteiger partial charge in [-0.2, -0.15) is 4.67 Å². The molecule has 1 unspecified atom stereocenters. The topological polar surface area (TPSA) is 71.6 Å². The molecular weight excluding hydrogens is 399 g/mol. The van der Waals surface area contributed by atoms with Gasteiger partial charge in [-0.15, -0.1) is 0 Å². The summed E-state index contributed by atoms with van der Waals surface area (Å²) in [6.07, 6.45) is 3.71. The largest absolute Gasteiger partial charge is 0.461 e. The van der Waals surface area contributed by atoms with Gasteiger partial charge in [-0.05, 0) is 49.4 Å². The Labute approximate surface area is 178 Å². The van der Waals surface area contributed by atoms with Crippen LogP contribution in [0.2, 0.25) is 0 Å². The Morgan fingerprint density at radius 3 is 2.37 bits per heavy atom. The summed E-state index contributed by atoms with van der Waals surface area (Å²) in [6.45, 7) is 7.41. The molecule has 0 aromatic heterocycles. The average molecular weight is 430 g/mol. The summed E-state index contributed by atoms with van der Waals surface area (Å²) in [5.74, 6) is 0.0564. The molecule has 1 aliphatic heterocycles. The van der Waals surface area contributed by atoms with Gasteiger partial charge in [0.25, 0.3) is 0 Å². The Morgan fingerprint density at radius 1 is 1.00 bits per heavy atom. The van der Waals surface area contributed by atoms with Crippen LogP contribution in [0.1, 0.15) is 46.5 Å². The maximum Gasteiger partial charge on any atom is 0.461 e. The van der Waals surface area contributed by atoms with Gasteiger partial charge in [0.1, 0.15) is 0 Å². The second kappa shape index (κ2) is 10.3. The van der Waals surface area contributed by atoms with E-state index in [4.69, 9.17) is 9.05 Å². The molecule has 6 nitrogen and oxygen atoms in total.